The highest BCUT2D eigenvalue weighted by Gasteiger charge is 2.27. The number of nitrogens with zero attached hydrogens (tertiary/aromatic N) is 1. The van der Waals surface area contributed by atoms with Crippen LogP contribution in [0, 0.1) is 29.1 Å². The molecule has 0 unspecified atom stereocenters. The second kappa shape index (κ2) is 6.79. The van der Waals surface area contributed by atoms with Crippen LogP contribution in [0.3, 0.4) is 0 Å². The molecular formula is C17H13F5N2O. The fourth-order valence-corrected chi connectivity index (χ4v) is 2.79. The van der Waals surface area contributed by atoms with Crippen molar-refractivity contribution in [3.05, 3.63) is 64.5 Å². The van der Waals surface area contributed by atoms with Crippen molar-refractivity contribution in [1.29, 1.82) is 0 Å². The van der Waals surface area contributed by atoms with Crippen LogP contribution in [0.2, 0.25) is 0 Å². The number of nitrogens with one attached hydrogen (secondary N) is 1. The van der Waals surface area contributed by atoms with Crippen LogP contribution in [-0.4, -0.2) is 23.9 Å². The van der Waals surface area contributed by atoms with Crippen molar-refractivity contribution in [3.63, 3.8) is 0 Å². The third-order valence-corrected chi connectivity index (χ3v) is 4.05. The van der Waals surface area contributed by atoms with E-state index in [9.17, 15) is 26.7 Å². The second-order valence-corrected chi connectivity index (χ2v) is 5.72. The van der Waals surface area contributed by atoms with E-state index in [2.05, 4.69) is 0 Å². The Kier molecular flexibility index (Phi) is 4.71. The van der Waals surface area contributed by atoms with Gasteiger partial charge in [0.2, 0.25) is 11.7 Å². The Morgan fingerprint density at radius 1 is 0.920 bits per heavy atom. The number of fused-ring (bicyclic) bond motifs is 1. The maximum Gasteiger partial charge on any atom is 0.238 e. The van der Waals surface area contributed by atoms with E-state index < -0.39 is 40.7 Å². The molecule has 2 aromatic rings. The van der Waals surface area contributed by atoms with Gasteiger partial charge in [0.05, 0.1) is 6.54 Å². The summed E-state index contributed by atoms with van der Waals surface area (Å²) >= 11 is 0. The molecule has 0 radical (unpaired) electrons. The van der Waals surface area contributed by atoms with E-state index in [-0.39, 0.29) is 6.54 Å². The predicted molar refractivity (Wildman–Crippen MR) is 80.3 cm³/mol. The molecule has 1 aliphatic rings. The molecule has 0 atom stereocenters. The van der Waals surface area contributed by atoms with Gasteiger partial charge in [0.1, 0.15) is 5.69 Å². The highest BCUT2D eigenvalue weighted by atomic mass is 19.2. The SMILES string of the molecule is O=C(CN1CCc2ccccc2C1)Nc1c(F)c(F)c(F)c(F)c1F. The van der Waals surface area contributed by atoms with E-state index in [4.69, 9.17) is 0 Å². The van der Waals surface area contributed by atoms with E-state index in [1.165, 1.54) is 0 Å². The number of anilines is 1. The Balaban J connectivity index is 1.72. The molecule has 0 aliphatic carbocycles. The predicted octanol–water partition coefficient (Wildman–Crippen LogP) is 3.38. The lowest BCUT2D eigenvalue weighted by Gasteiger charge is -2.28. The van der Waals surface area contributed by atoms with Gasteiger partial charge in [-0.3, -0.25) is 9.69 Å². The highest BCUT2D eigenvalue weighted by Crippen LogP contribution is 2.27. The summed E-state index contributed by atoms with van der Waals surface area (Å²) in [5.41, 5.74) is 0.843. The zero-order valence-corrected chi connectivity index (χ0v) is 12.9. The zero-order chi connectivity index (χ0) is 18.1. The average Bonchev–Trinajstić information content (AvgIpc) is 2.62. The number of rotatable bonds is 3. The van der Waals surface area contributed by atoms with Crippen molar-refractivity contribution < 1.29 is 26.7 Å². The molecule has 1 aliphatic heterocycles. The Morgan fingerprint density at radius 3 is 2.12 bits per heavy atom. The summed E-state index contributed by atoms with van der Waals surface area (Å²) in [6.45, 7) is 0.774. The maximum atomic E-state index is 13.6. The topological polar surface area (TPSA) is 32.3 Å². The first-order valence-electron chi connectivity index (χ1n) is 7.49. The van der Waals surface area contributed by atoms with Crippen LogP contribution in [-0.2, 0) is 17.8 Å². The molecular weight excluding hydrogens is 343 g/mol. The molecule has 0 bridgehead atoms. The largest absolute Gasteiger partial charge is 0.320 e. The molecule has 2 aromatic carbocycles. The molecule has 0 fully saturated rings. The smallest absolute Gasteiger partial charge is 0.238 e. The fraction of sp³-hybridized carbons (Fsp3) is 0.235. The molecule has 1 heterocycles. The first-order chi connectivity index (χ1) is 11.9. The molecule has 25 heavy (non-hydrogen) atoms. The third kappa shape index (κ3) is 3.34. The van der Waals surface area contributed by atoms with Crippen molar-refractivity contribution in [1.82, 2.24) is 4.90 Å². The highest BCUT2D eigenvalue weighted by molar-refractivity contribution is 5.92. The Bertz CT molecular complexity index is 811. The molecule has 0 saturated heterocycles. The summed E-state index contributed by atoms with van der Waals surface area (Å²) < 4.78 is 66.5. The minimum Gasteiger partial charge on any atom is -0.320 e. The lowest BCUT2D eigenvalue weighted by molar-refractivity contribution is -0.117. The second-order valence-electron chi connectivity index (χ2n) is 5.72. The molecule has 1 amide bonds. The normalized spacial score (nSPS) is 14.3. The number of hydrogen-bond acceptors (Lipinski definition) is 2. The minimum absolute atomic E-state index is 0.228. The number of hydrogen-bond donors (Lipinski definition) is 1. The van der Waals surface area contributed by atoms with E-state index in [1.807, 2.05) is 24.3 Å². The van der Waals surface area contributed by atoms with Crippen LogP contribution in [0.1, 0.15) is 11.1 Å². The Labute approximate surface area is 140 Å². The van der Waals surface area contributed by atoms with Gasteiger partial charge in [-0.15, -0.1) is 0 Å². The first-order valence-corrected chi connectivity index (χ1v) is 7.49. The van der Waals surface area contributed by atoms with Gasteiger partial charge >= 0.3 is 0 Å². The molecule has 0 spiro atoms. The van der Waals surface area contributed by atoms with E-state index in [0.29, 0.717) is 19.5 Å². The summed E-state index contributed by atoms with van der Waals surface area (Å²) in [5, 5.41) is 1.78. The summed E-state index contributed by atoms with van der Waals surface area (Å²) in [6.07, 6.45) is 0.700. The van der Waals surface area contributed by atoms with Crippen LogP contribution in [0.25, 0.3) is 0 Å². The maximum absolute atomic E-state index is 13.6. The van der Waals surface area contributed by atoms with Crippen LogP contribution in [0.4, 0.5) is 27.6 Å². The number of amides is 1. The van der Waals surface area contributed by atoms with Gasteiger partial charge in [0.25, 0.3) is 0 Å². The number of carbonyl (C=O) groups excluding carboxylic acids is 1. The standard InChI is InChI=1S/C17H13F5N2O/c18-12-13(19)15(21)17(16(22)14(12)20)23-11(25)8-24-6-5-9-3-1-2-4-10(9)7-24/h1-4H,5-8H2,(H,23,25). The molecule has 0 aromatic heterocycles. The number of benzene rings is 2. The van der Waals surface area contributed by atoms with Crippen molar-refractivity contribution >= 4 is 11.6 Å². The van der Waals surface area contributed by atoms with Gasteiger partial charge in [-0.25, -0.2) is 22.0 Å². The number of halogens is 5. The lowest BCUT2D eigenvalue weighted by Crippen LogP contribution is -2.37. The first kappa shape index (κ1) is 17.3. The molecule has 0 saturated carbocycles. The van der Waals surface area contributed by atoms with Crippen LogP contribution >= 0.6 is 0 Å². The minimum atomic E-state index is -2.26. The van der Waals surface area contributed by atoms with Gasteiger partial charge in [-0.1, -0.05) is 24.3 Å². The van der Waals surface area contributed by atoms with Gasteiger partial charge in [0.15, 0.2) is 23.3 Å². The Morgan fingerprint density at radius 2 is 1.48 bits per heavy atom. The quantitative estimate of drug-likeness (QED) is 0.520. The molecule has 3 rings (SSSR count). The summed E-state index contributed by atoms with van der Waals surface area (Å²) in [5.74, 6) is -11.4. The number of carbonyl (C=O) groups is 1. The fourth-order valence-electron chi connectivity index (χ4n) is 2.79. The van der Waals surface area contributed by atoms with Gasteiger partial charge in [0, 0.05) is 13.1 Å². The van der Waals surface area contributed by atoms with E-state index in [1.54, 1.807) is 10.2 Å². The van der Waals surface area contributed by atoms with Gasteiger partial charge < -0.3 is 5.32 Å². The monoisotopic (exact) mass is 356 g/mol. The lowest BCUT2D eigenvalue weighted by atomic mass is 10.00. The molecule has 3 nitrogen and oxygen atoms in total. The van der Waals surface area contributed by atoms with E-state index in [0.717, 1.165) is 11.1 Å². The van der Waals surface area contributed by atoms with Gasteiger partial charge in [-0.05, 0) is 17.5 Å². The molecule has 8 heteroatoms. The van der Waals surface area contributed by atoms with Crippen LogP contribution in [0.15, 0.2) is 24.3 Å². The van der Waals surface area contributed by atoms with Crippen molar-refractivity contribution in [2.24, 2.45) is 0 Å². The van der Waals surface area contributed by atoms with Crippen molar-refractivity contribution in [2.45, 2.75) is 13.0 Å². The van der Waals surface area contributed by atoms with E-state index >= 15 is 0 Å². The van der Waals surface area contributed by atoms with Crippen molar-refractivity contribution in [3.8, 4) is 0 Å². The summed E-state index contributed by atoms with van der Waals surface area (Å²) in [6, 6.07) is 7.65. The molecule has 1 N–H and O–H groups in total. The van der Waals surface area contributed by atoms with Crippen molar-refractivity contribution in [2.75, 3.05) is 18.4 Å². The zero-order valence-electron chi connectivity index (χ0n) is 12.9. The molecule has 132 valence electrons. The van der Waals surface area contributed by atoms with Crippen LogP contribution < -0.4 is 5.32 Å². The average molecular weight is 356 g/mol. The summed E-state index contributed by atoms with van der Waals surface area (Å²) in [4.78, 5) is 13.7. The summed E-state index contributed by atoms with van der Waals surface area (Å²) in [7, 11) is 0. The van der Waals surface area contributed by atoms with Crippen LogP contribution in [0.5, 0.6) is 0 Å². The third-order valence-electron chi connectivity index (χ3n) is 4.05. The van der Waals surface area contributed by atoms with Gasteiger partial charge in [-0.2, -0.15) is 0 Å². The Hall–Kier alpha value is -2.48.